The molecule has 0 saturated heterocycles. The largest absolute Gasteiger partial charge is 0.306 e. The minimum atomic E-state index is -0.115. The number of fused-ring (bicyclic) bond motifs is 1. The fraction of sp³-hybridized carbons (Fsp3) is 0.240. The van der Waals surface area contributed by atoms with Crippen LogP contribution in [0.1, 0.15) is 30.1 Å². The van der Waals surface area contributed by atoms with Crippen molar-refractivity contribution in [2.24, 2.45) is 10.2 Å². The van der Waals surface area contributed by atoms with Gasteiger partial charge in [-0.15, -0.1) is 0 Å². The van der Waals surface area contributed by atoms with Crippen LogP contribution in [0, 0.1) is 0 Å². The van der Waals surface area contributed by atoms with Crippen LogP contribution in [-0.4, -0.2) is 56.1 Å². The molecule has 1 aliphatic heterocycles. The zero-order chi connectivity index (χ0) is 22.5. The Kier molecular flexibility index (Phi) is 4.55. The Morgan fingerprint density at radius 1 is 1.09 bits per heavy atom. The van der Waals surface area contributed by atoms with Gasteiger partial charge in [0.25, 0.3) is 5.56 Å². The van der Waals surface area contributed by atoms with Gasteiger partial charge in [-0.1, -0.05) is 12.1 Å². The summed E-state index contributed by atoms with van der Waals surface area (Å²) in [6, 6.07) is 13.4. The summed E-state index contributed by atoms with van der Waals surface area (Å²) in [6.45, 7) is 0. The van der Waals surface area contributed by atoms with Gasteiger partial charge in [-0.3, -0.25) is 14.3 Å². The lowest BCUT2D eigenvalue weighted by atomic mass is 10.1. The molecule has 1 atom stereocenters. The van der Waals surface area contributed by atoms with E-state index in [0.29, 0.717) is 22.8 Å². The molecule has 0 N–H and O–H groups in total. The Bertz CT molecular complexity index is 1490. The molecule has 8 heteroatoms. The topological polar surface area (TPSA) is 80.7 Å². The number of likely N-dealkylation sites (N-methyl/N-ethyl adjacent to an activating group) is 1. The third-order valence-electron chi connectivity index (χ3n) is 6.24. The van der Waals surface area contributed by atoms with Crippen molar-refractivity contribution >= 4 is 22.7 Å². The van der Waals surface area contributed by atoms with Crippen molar-refractivity contribution < 1.29 is 0 Å². The van der Waals surface area contributed by atoms with E-state index >= 15 is 0 Å². The lowest BCUT2D eigenvalue weighted by molar-refractivity contribution is 0.431. The van der Waals surface area contributed by atoms with Crippen LogP contribution in [0.3, 0.4) is 0 Å². The molecule has 164 valence electrons. The molecule has 0 amide bonds. The molecular formula is C25H23N7O. The Morgan fingerprint density at radius 3 is 2.79 bits per heavy atom. The van der Waals surface area contributed by atoms with Gasteiger partial charge >= 0.3 is 0 Å². The van der Waals surface area contributed by atoms with Gasteiger partial charge in [0.05, 0.1) is 30.0 Å². The van der Waals surface area contributed by atoms with E-state index in [1.807, 2.05) is 72.4 Å². The lowest BCUT2D eigenvalue weighted by Gasteiger charge is -2.18. The van der Waals surface area contributed by atoms with Gasteiger partial charge in [-0.05, 0) is 62.7 Å². The van der Waals surface area contributed by atoms with Crippen molar-refractivity contribution in [3.05, 3.63) is 82.9 Å². The van der Waals surface area contributed by atoms with Crippen molar-refractivity contribution in [2.45, 2.75) is 24.8 Å². The molecule has 0 radical (unpaired) electrons. The Hall–Kier alpha value is -3.91. The van der Waals surface area contributed by atoms with Crippen LogP contribution >= 0.6 is 0 Å². The van der Waals surface area contributed by atoms with Crippen LogP contribution in [0.15, 0.2) is 76.2 Å². The lowest BCUT2D eigenvalue weighted by Crippen LogP contribution is -2.36. The number of rotatable bonds is 5. The van der Waals surface area contributed by atoms with Crippen LogP contribution in [0.5, 0.6) is 0 Å². The number of pyridine rings is 2. The molecule has 2 aliphatic rings. The summed E-state index contributed by atoms with van der Waals surface area (Å²) in [5.41, 5.74) is 3.40. The van der Waals surface area contributed by atoms with Gasteiger partial charge in [0.1, 0.15) is 11.5 Å². The van der Waals surface area contributed by atoms with Crippen LogP contribution in [0.25, 0.3) is 22.3 Å². The number of hydrogen-bond donors (Lipinski definition) is 0. The number of hydrogen-bond acceptors (Lipinski definition) is 6. The highest BCUT2D eigenvalue weighted by Crippen LogP contribution is 2.39. The zero-order valence-corrected chi connectivity index (χ0v) is 18.5. The Labute approximate surface area is 190 Å². The molecule has 4 aromatic rings. The highest BCUT2D eigenvalue weighted by Gasteiger charge is 2.26. The average Bonchev–Trinajstić information content (AvgIpc) is 3.34. The Morgan fingerprint density at radius 2 is 1.97 bits per heavy atom. The highest BCUT2D eigenvalue weighted by atomic mass is 16.1. The van der Waals surface area contributed by atoms with Gasteiger partial charge < -0.3 is 4.57 Å². The molecule has 1 saturated carbocycles. The van der Waals surface area contributed by atoms with Crippen LogP contribution in [-0.2, 0) is 0 Å². The van der Waals surface area contributed by atoms with Crippen LogP contribution in [0.4, 0.5) is 0 Å². The monoisotopic (exact) mass is 437 g/mol. The first-order valence-electron chi connectivity index (χ1n) is 11.0. The van der Waals surface area contributed by atoms with Gasteiger partial charge in [-0.2, -0.15) is 10.2 Å². The summed E-state index contributed by atoms with van der Waals surface area (Å²) in [6.07, 6.45) is 9.87. The SMILES string of the molecule is CN(C)C1C=NN=C1c1cccc(-n2ccc3ccc(-n4cnc(C5CC5)c4)cc3c2=O)n1. The molecule has 3 aromatic heterocycles. The molecular weight excluding hydrogens is 414 g/mol. The third kappa shape index (κ3) is 3.48. The standard InChI is InChI=1S/C25H23N7O/c1-30(2)22-13-27-29-24(22)20-4-3-5-23(28-20)32-11-10-16-8-9-18(12-19(16)25(32)33)31-14-21(26-15-31)17-6-7-17/h3-5,8-15,17,22H,6-7H2,1-2H3. The summed E-state index contributed by atoms with van der Waals surface area (Å²) >= 11 is 0. The summed E-state index contributed by atoms with van der Waals surface area (Å²) in [4.78, 5) is 24.8. The summed E-state index contributed by atoms with van der Waals surface area (Å²) in [5.74, 6) is 1.14. The predicted molar refractivity (Wildman–Crippen MR) is 129 cm³/mol. The minimum absolute atomic E-state index is 0.0423. The van der Waals surface area contributed by atoms with Crippen LogP contribution in [0.2, 0.25) is 0 Å². The Balaban J connectivity index is 1.40. The molecule has 4 heterocycles. The van der Waals surface area contributed by atoms with Crippen molar-refractivity contribution in [1.29, 1.82) is 0 Å². The molecule has 6 rings (SSSR count). The van der Waals surface area contributed by atoms with Gasteiger partial charge in [0, 0.05) is 29.4 Å². The smallest absolute Gasteiger partial charge is 0.264 e. The molecule has 1 aliphatic carbocycles. The first kappa shape index (κ1) is 19.8. The van der Waals surface area contributed by atoms with E-state index in [9.17, 15) is 4.79 Å². The zero-order valence-electron chi connectivity index (χ0n) is 18.5. The predicted octanol–water partition coefficient (Wildman–Crippen LogP) is 3.17. The van der Waals surface area contributed by atoms with Crippen molar-refractivity contribution in [3.63, 3.8) is 0 Å². The number of imidazole rings is 1. The molecule has 0 bridgehead atoms. The maximum Gasteiger partial charge on any atom is 0.264 e. The van der Waals surface area contributed by atoms with Crippen molar-refractivity contribution in [3.8, 4) is 11.5 Å². The minimum Gasteiger partial charge on any atom is -0.306 e. The highest BCUT2D eigenvalue weighted by molar-refractivity contribution is 6.13. The second-order valence-corrected chi connectivity index (χ2v) is 8.78. The summed E-state index contributed by atoms with van der Waals surface area (Å²) < 4.78 is 3.57. The van der Waals surface area contributed by atoms with Crippen molar-refractivity contribution in [2.75, 3.05) is 14.1 Å². The number of benzene rings is 1. The second kappa shape index (κ2) is 7.60. The molecule has 1 aromatic carbocycles. The molecule has 1 unspecified atom stereocenters. The molecule has 33 heavy (non-hydrogen) atoms. The van der Waals surface area contributed by atoms with E-state index in [2.05, 4.69) is 21.4 Å². The molecule has 8 nitrogen and oxygen atoms in total. The summed E-state index contributed by atoms with van der Waals surface area (Å²) in [5, 5.41) is 9.86. The molecule has 0 spiro atoms. The van der Waals surface area contributed by atoms with Crippen LogP contribution < -0.4 is 5.56 Å². The summed E-state index contributed by atoms with van der Waals surface area (Å²) in [7, 11) is 3.95. The molecule has 1 fully saturated rings. The maximum absolute atomic E-state index is 13.5. The van der Waals surface area contributed by atoms with Gasteiger partial charge in [0.2, 0.25) is 0 Å². The van der Waals surface area contributed by atoms with E-state index in [-0.39, 0.29) is 11.6 Å². The first-order chi connectivity index (χ1) is 16.1. The average molecular weight is 438 g/mol. The third-order valence-corrected chi connectivity index (χ3v) is 6.24. The fourth-order valence-electron chi connectivity index (χ4n) is 4.21. The van der Waals surface area contributed by atoms with Gasteiger partial charge in [0.15, 0.2) is 0 Å². The second-order valence-electron chi connectivity index (χ2n) is 8.78. The van der Waals surface area contributed by atoms with E-state index < -0.39 is 0 Å². The van der Waals surface area contributed by atoms with E-state index in [4.69, 9.17) is 4.98 Å². The normalized spacial score (nSPS) is 17.8. The first-order valence-corrected chi connectivity index (χ1v) is 11.0. The number of nitrogens with zero attached hydrogens (tertiary/aromatic N) is 7. The van der Waals surface area contributed by atoms with E-state index in [0.717, 1.165) is 22.5 Å². The van der Waals surface area contributed by atoms with E-state index in [1.165, 1.54) is 12.8 Å². The quantitative estimate of drug-likeness (QED) is 0.480. The van der Waals surface area contributed by atoms with E-state index in [1.54, 1.807) is 17.0 Å². The van der Waals surface area contributed by atoms with Gasteiger partial charge in [-0.25, -0.2) is 9.97 Å². The maximum atomic E-state index is 13.5. The fourth-order valence-corrected chi connectivity index (χ4v) is 4.21. The van der Waals surface area contributed by atoms with Crippen molar-refractivity contribution in [1.82, 2.24) is 24.0 Å². The number of aromatic nitrogens is 4.